The Hall–Kier alpha value is 3.50. The molecule has 0 aliphatic rings. The third-order valence-corrected chi connectivity index (χ3v) is 0.642. The molecule has 0 aromatic rings. The van der Waals surface area contributed by atoms with Gasteiger partial charge in [0.05, 0.1) is 0 Å². The first kappa shape index (κ1) is 29.3. The van der Waals surface area contributed by atoms with Gasteiger partial charge in [0.1, 0.15) is 0 Å². The number of nitrogens with two attached hydrogens (primary N) is 2. The van der Waals surface area contributed by atoms with Crippen molar-refractivity contribution in [1.29, 1.82) is 0 Å². The summed E-state index contributed by atoms with van der Waals surface area (Å²) in [7, 11) is 0. The molecular formula is C4H13N3Na3Zn. The van der Waals surface area contributed by atoms with Gasteiger partial charge in [-0.3, -0.25) is 0 Å². The Morgan fingerprint density at radius 1 is 0.818 bits per heavy atom. The zero-order valence-electron chi connectivity index (χ0n) is 8.19. The maximum atomic E-state index is 5.17. The van der Waals surface area contributed by atoms with Gasteiger partial charge in [0.2, 0.25) is 0 Å². The van der Waals surface area contributed by atoms with E-state index in [-0.39, 0.29) is 108 Å². The van der Waals surface area contributed by atoms with Gasteiger partial charge in [-0.05, 0) is 0 Å². The third-order valence-electron chi connectivity index (χ3n) is 0.642. The molecule has 0 spiro atoms. The van der Waals surface area contributed by atoms with E-state index in [4.69, 9.17) is 11.5 Å². The first-order valence-electron chi connectivity index (χ1n) is 2.52. The number of nitrogens with one attached hydrogen (secondary N) is 1. The Bertz CT molecular complexity index is 39.8. The van der Waals surface area contributed by atoms with Gasteiger partial charge in [0.15, 0.2) is 0 Å². The molecule has 11 heavy (non-hydrogen) atoms. The summed E-state index contributed by atoms with van der Waals surface area (Å²) in [5, 5.41) is 3.03. The molecule has 0 amide bonds. The Balaban J connectivity index is -0.0000000300. The zero-order valence-corrected chi connectivity index (χ0v) is 17.2. The van der Waals surface area contributed by atoms with E-state index in [2.05, 4.69) is 5.32 Å². The first-order chi connectivity index (χ1) is 3.41. The summed E-state index contributed by atoms with van der Waals surface area (Å²) < 4.78 is 0. The molecule has 5 N–H and O–H groups in total. The van der Waals surface area contributed by atoms with Gasteiger partial charge in [-0.2, -0.15) is 0 Å². The molecule has 0 saturated heterocycles. The van der Waals surface area contributed by atoms with Crippen molar-refractivity contribution in [3.8, 4) is 0 Å². The van der Waals surface area contributed by atoms with Crippen LogP contribution in [0.25, 0.3) is 0 Å². The second-order valence-electron chi connectivity index (χ2n) is 1.33. The van der Waals surface area contributed by atoms with Crippen molar-refractivity contribution >= 4 is 88.7 Å². The van der Waals surface area contributed by atoms with E-state index in [0.29, 0.717) is 13.1 Å². The van der Waals surface area contributed by atoms with Crippen LogP contribution in [0.5, 0.6) is 0 Å². The molecule has 3 radical (unpaired) electrons. The van der Waals surface area contributed by atoms with E-state index in [1.807, 2.05) is 0 Å². The Morgan fingerprint density at radius 3 is 1.27 bits per heavy atom. The molecule has 0 rings (SSSR count). The van der Waals surface area contributed by atoms with Gasteiger partial charge >= 0.3 is 0 Å². The maximum absolute atomic E-state index is 5.17. The van der Waals surface area contributed by atoms with Crippen molar-refractivity contribution in [1.82, 2.24) is 5.32 Å². The summed E-state index contributed by atoms with van der Waals surface area (Å²) >= 11 is 0. The van der Waals surface area contributed by atoms with E-state index in [1.54, 1.807) is 0 Å². The molecule has 0 unspecified atom stereocenters. The summed E-state index contributed by atoms with van der Waals surface area (Å²) in [5.41, 5.74) is 10.3. The first-order valence-corrected chi connectivity index (χ1v) is 2.52. The summed E-state index contributed by atoms with van der Waals surface area (Å²) in [6, 6.07) is 0. The molecule has 49 valence electrons. The Morgan fingerprint density at radius 2 is 1.09 bits per heavy atom. The van der Waals surface area contributed by atoms with Crippen LogP contribution in [0.15, 0.2) is 0 Å². The molecule has 0 fully saturated rings. The molecule has 0 saturated carbocycles. The van der Waals surface area contributed by atoms with Gasteiger partial charge in [0.25, 0.3) is 0 Å². The van der Waals surface area contributed by atoms with Crippen LogP contribution in [-0.2, 0) is 19.5 Å². The number of hydrogen-bond acceptors (Lipinski definition) is 3. The van der Waals surface area contributed by atoms with Crippen molar-refractivity contribution in [2.45, 2.75) is 0 Å². The predicted octanol–water partition coefficient (Wildman–Crippen LogP) is -2.65. The quantitative estimate of drug-likeness (QED) is 0.370. The second-order valence-corrected chi connectivity index (χ2v) is 1.33. The van der Waals surface area contributed by atoms with Crippen molar-refractivity contribution in [2.24, 2.45) is 11.5 Å². The average molecular weight is 238 g/mol. The standard InChI is InChI=1S/C4H13N3.3Na.Zn/c5-1-3-7-4-2-6;;;;/h7H,1-6H2;;;;. The van der Waals surface area contributed by atoms with E-state index in [9.17, 15) is 0 Å². The minimum atomic E-state index is 0. The SMILES string of the molecule is NCCNCCN.[Na].[Na].[Na].[Zn]. The number of rotatable bonds is 4. The second kappa shape index (κ2) is 29.2. The van der Waals surface area contributed by atoms with Crippen LogP contribution in [0.2, 0.25) is 0 Å². The Labute approximate surface area is 148 Å². The van der Waals surface area contributed by atoms with Crippen LogP contribution in [0.4, 0.5) is 0 Å². The summed E-state index contributed by atoms with van der Waals surface area (Å²) in [4.78, 5) is 0. The van der Waals surface area contributed by atoms with Gasteiger partial charge in [-0.25, -0.2) is 0 Å². The van der Waals surface area contributed by atoms with Crippen molar-refractivity contribution in [3.05, 3.63) is 0 Å². The monoisotopic (exact) mass is 236 g/mol. The minimum Gasteiger partial charge on any atom is -0.329 e. The van der Waals surface area contributed by atoms with E-state index < -0.39 is 0 Å². The minimum absolute atomic E-state index is 0. The topological polar surface area (TPSA) is 64.1 Å². The van der Waals surface area contributed by atoms with Crippen LogP contribution >= 0.6 is 0 Å². The van der Waals surface area contributed by atoms with Gasteiger partial charge in [0, 0.05) is 134 Å². The summed E-state index contributed by atoms with van der Waals surface area (Å²) in [5.74, 6) is 0. The molecular weight excluding hydrogens is 224 g/mol. The summed E-state index contributed by atoms with van der Waals surface area (Å²) in [6.07, 6.45) is 0. The third kappa shape index (κ3) is 31.7. The van der Waals surface area contributed by atoms with Crippen LogP contribution in [0, 0.1) is 0 Å². The molecule has 0 aromatic heterocycles. The largest absolute Gasteiger partial charge is 0.329 e. The van der Waals surface area contributed by atoms with Crippen LogP contribution in [-0.4, -0.2) is 115 Å². The van der Waals surface area contributed by atoms with E-state index >= 15 is 0 Å². The maximum Gasteiger partial charge on any atom is 0.00750 e. The fourth-order valence-electron chi connectivity index (χ4n) is 0.329. The molecule has 7 heteroatoms. The van der Waals surface area contributed by atoms with E-state index in [0.717, 1.165) is 13.1 Å². The normalized spacial score (nSPS) is 6.00. The molecule has 0 aromatic carbocycles. The predicted molar refractivity (Wildman–Crippen MR) is 48.2 cm³/mol. The van der Waals surface area contributed by atoms with E-state index in [1.165, 1.54) is 0 Å². The van der Waals surface area contributed by atoms with Crippen LogP contribution in [0.1, 0.15) is 0 Å². The molecule has 0 atom stereocenters. The fraction of sp³-hybridized carbons (Fsp3) is 1.00. The van der Waals surface area contributed by atoms with Gasteiger partial charge in [-0.15, -0.1) is 0 Å². The van der Waals surface area contributed by atoms with Crippen molar-refractivity contribution in [3.63, 3.8) is 0 Å². The van der Waals surface area contributed by atoms with Crippen molar-refractivity contribution < 1.29 is 19.5 Å². The zero-order chi connectivity index (χ0) is 5.54. The van der Waals surface area contributed by atoms with Crippen LogP contribution < -0.4 is 16.8 Å². The average Bonchev–Trinajstić information content (AvgIpc) is 1.69. The van der Waals surface area contributed by atoms with Crippen LogP contribution in [0.3, 0.4) is 0 Å². The summed E-state index contributed by atoms with van der Waals surface area (Å²) in [6.45, 7) is 3.13. The Kier molecular flexibility index (Phi) is 77.7. The number of hydrogen-bond donors (Lipinski definition) is 3. The molecule has 0 aliphatic carbocycles. The van der Waals surface area contributed by atoms with Crippen molar-refractivity contribution in [2.75, 3.05) is 26.2 Å². The molecule has 0 heterocycles. The van der Waals surface area contributed by atoms with Gasteiger partial charge < -0.3 is 16.8 Å². The molecule has 3 nitrogen and oxygen atoms in total. The van der Waals surface area contributed by atoms with Gasteiger partial charge in [-0.1, -0.05) is 0 Å². The smallest absolute Gasteiger partial charge is 0.00750 e. The fourth-order valence-corrected chi connectivity index (χ4v) is 0.329. The molecule has 0 bridgehead atoms. The molecule has 0 aliphatic heterocycles.